The van der Waals surface area contributed by atoms with Crippen LogP contribution < -0.4 is 11.1 Å². The first-order chi connectivity index (χ1) is 9.15. The van der Waals surface area contributed by atoms with Crippen molar-refractivity contribution in [3.63, 3.8) is 0 Å². The van der Waals surface area contributed by atoms with Gasteiger partial charge in [-0.25, -0.2) is 0 Å². The molecule has 0 radical (unpaired) electrons. The number of hydrogen-bond donors (Lipinski definition) is 3. The zero-order valence-electron chi connectivity index (χ0n) is 11.4. The Balaban J connectivity index is 2.26. The van der Waals surface area contributed by atoms with E-state index in [0.717, 1.165) is 24.2 Å². The second-order valence-electron chi connectivity index (χ2n) is 4.58. The monoisotopic (exact) mass is 265 g/mol. The van der Waals surface area contributed by atoms with E-state index in [1.165, 1.54) is 0 Å². The quantitative estimate of drug-likeness (QED) is 0.649. The van der Waals surface area contributed by atoms with Crippen LogP contribution >= 0.6 is 0 Å². The number of hydrogen-bond acceptors (Lipinski definition) is 4. The van der Waals surface area contributed by atoms with E-state index >= 15 is 0 Å². The number of nitrogens with one attached hydrogen (secondary N) is 1. The SMILES string of the molecule is CN(CCO)CCCC(=O)Nc1ccc(CN)cc1. The molecule has 0 aromatic heterocycles. The molecule has 0 aliphatic carbocycles. The molecule has 0 atom stereocenters. The molecular weight excluding hydrogens is 242 g/mol. The Morgan fingerprint density at radius 3 is 2.58 bits per heavy atom. The lowest BCUT2D eigenvalue weighted by Crippen LogP contribution is -2.24. The van der Waals surface area contributed by atoms with E-state index in [9.17, 15) is 4.79 Å². The first kappa shape index (κ1) is 15.6. The third-order valence-electron chi connectivity index (χ3n) is 2.90. The molecule has 4 N–H and O–H groups in total. The Morgan fingerprint density at radius 1 is 1.32 bits per heavy atom. The molecule has 106 valence electrons. The van der Waals surface area contributed by atoms with Gasteiger partial charge in [0.25, 0.3) is 0 Å². The third kappa shape index (κ3) is 6.33. The fourth-order valence-corrected chi connectivity index (χ4v) is 1.74. The van der Waals surface area contributed by atoms with E-state index in [-0.39, 0.29) is 12.5 Å². The molecule has 1 aromatic carbocycles. The Labute approximate surface area is 114 Å². The van der Waals surface area contributed by atoms with Crippen LogP contribution in [-0.4, -0.2) is 42.7 Å². The van der Waals surface area contributed by atoms with Gasteiger partial charge in [0.05, 0.1) is 6.61 Å². The van der Waals surface area contributed by atoms with Crippen molar-refractivity contribution in [2.75, 3.05) is 32.1 Å². The lowest BCUT2D eigenvalue weighted by Gasteiger charge is -2.14. The molecule has 1 amide bonds. The van der Waals surface area contributed by atoms with Gasteiger partial charge in [0.15, 0.2) is 0 Å². The molecule has 0 heterocycles. The summed E-state index contributed by atoms with van der Waals surface area (Å²) in [5.41, 5.74) is 7.35. The number of benzene rings is 1. The molecule has 5 nitrogen and oxygen atoms in total. The average Bonchev–Trinajstić information content (AvgIpc) is 2.40. The Hall–Kier alpha value is -1.43. The van der Waals surface area contributed by atoms with Crippen molar-refractivity contribution < 1.29 is 9.90 Å². The Morgan fingerprint density at radius 2 is 2.00 bits per heavy atom. The summed E-state index contributed by atoms with van der Waals surface area (Å²) < 4.78 is 0. The minimum atomic E-state index is 0.0119. The normalized spacial score (nSPS) is 10.7. The summed E-state index contributed by atoms with van der Waals surface area (Å²) >= 11 is 0. The van der Waals surface area contributed by atoms with Crippen LogP contribution in [0, 0.1) is 0 Å². The number of nitrogens with zero attached hydrogens (tertiary/aromatic N) is 1. The number of aliphatic hydroxyl groups is 1. The van der Waals surface area contributed by atoms with E-state index in [1.54, 1.807) is 0 Å². The molecular formula is C14H23N3O2. The predicted molar refractivity (Wildman–Crippen MR) is 76.8 cm³/mol. The lowest BCUT2D eigenvalue weighted by molar-refractivity contribution is -0.116. The first-order valence-electron chi connectivity index (χ1n) is 6.54. The van der Waals surface area contributed by atoms with Crippen molar-refractivity contribution in [2.45, 2.75) is 19.4 Å². The van der Waals surface area contributed by atoms with Crippen LogP contribution in [0.15, 0.2) is 24.3 Å². The van der Waals surface area contributed by atoms with Crippen molar-refractivity contribution >= 4 is 11.6 Å². The second kappa shape index (κ2) is 8.63. The van der Waals surface area contributed by atoms with Gasteiger partial charge in [0, 0.05) is 25.2 Å². The fourth-order valence-electron chi connectivity index (χ4n) is 1.74. The van der Waals surface area contributed by atoms with Crippen LogP contribution in [0.5, 0.6) is 0 Å². The highest BCUT2D eigenvalue weighted by atomic mass is 16.3. The Bertz CT molecular complexity index is 379. The van der Waals surface area contributed by atoms with Crippen molar-refractivity contribution in [1.29, 1.82) is 0 Å². The smallest absolute Gasteiger partial charge is 0.224 e. The van der Waals surface area contributed by atoms with Gasteiger partial charge in [-0.3, -0.25) is 4.79 Å². The molecule has 1 aromatic rings. The maximum absolute atomic E-state index is 11.7. The summed E-state index contributed by atoms with van der Waals surface area (Å²) in [6, 6.07) is 7.53. The van der Waals surface area contributed by atoms with Crippen molar-refractivity contribution in [2.24, 2.45) is 5.73 Å². The van der Waals surface area contributed by atoms with Gasteiger partial charge >= 0.3 is 0 Å². The van der Waals surface area contributed by atoms with Gasteiger partial charge in [0.1, 0.15) is 0 Å². The van der Waals surface area contributed by atoms with Crippen molar-refractivity contribution in [1.82, 2.24) is 4.90 Å². The van der Waals surface area contributed by atoms with Gasteiger partial charge in [-0.1, -0.05) is 12.1 Å². The zero-order valence-corrected chi connectivity index (χ0v) is 11.4. The van der Waals surface area contributed by atoms with Gasteiger partial charge in [-0.05, 0) is 37.7 Å². The summed E-state index contributed by atoms with van der Waals surface area (Å²) in [6.45, 7) is 2.10. The summed E-state index contributed by atoms with van der Waals surface area (Å²) in [5, 5.41) is 11.6. The maximum atomic E-state index is 11.7. The van der Waals surface area contributed by atoms with Gasteiger partial charge < -0.3 is 21.1 Å². The van der Waals surface area contributed by atoms with Crippen LogP contribution in [0.2, 0.25) is 0 Å². The van der Waals surface area contributed by atoms with Crippen LogP contribution in [-0.2, 0) is 11.3 Å². The highest BCUT2D eigenvalue weighted by molar-refractivity contribution is 5.90. The average molecular weight is 265 g/mol. The number of nitrogens with two attached hydrogens (primary N) is 1. The van der Waals surface area contributed by atoms with Crippen molar-refractivity contribution in [3.05, 3.63) is 29.8 Å². The zero-order chi connectivity index (χ0) is 14.1. The number of rotatable bonds is 8. The minimum Gasteiger partial charge on any atom is -0.395 e. The van der Waals surface area contributed by atoms with Gasteiger partial charge in [-0.15, -0.1) is 0 Å². The maximum Gasteiger partial charge on any atom is 0.224 e. The number of likely N-dealkylation sites (N-methyl/N-ethyl adjacent to an activating group) is 1. The van der Waals surface area contributed by atoms with Gasteiger partial charge in [0.2, 0.25) is 5.91 Å². The first-order valence-corrected chi connectivity index (χ1v) is 6.54. The van der Waals surface area contributed by atoms with Crippen LogP contribution in [0.3, 0.4) is 0 Å². The van der Waals surface area contributed by atoms with E-state index in [1.807, 2.05) is 36.2 Å². The molecule has 0 bridgehead atoms. The highest BCUT2D eigenvalue weighted by Crippen LogP contribution is 2.09. The number of carbonyl (C=O) groups excluding carboxylic acids is 1. The Kier molecular flexibility index (Phi) is 7.10. The highest BCUT2D eigenvalue weighted by Gasteiger charge is 2.04. The number of aliphatic hydroxyl groups excluding tert-OH is 1. The number of carbonyl (C=O) groups is 1. The number of amides is 1. The summed E-state index contributed by atoms with van der Waals surface area (Å²) in [5.74, 6) is 0.0119. The van der Waals surface area contributed by atoms with Crippen molar-refractivity contribution in [3.8, 4) is 0 Å². The molecule has 0 saturated carbocycles. The molecule has 5 heteroatoms. The van der Waals surface area contributed by atoms with E-state index in [4.69, 9.17) is 10.8 Å². The molecule has 0 saturated heterocycles. The number of anilines is 1. The molecule has 0 aliphatic rings. The minimum absolute atomic E-state index is 0.0119. The van der Waals surface area contributed by atoms with E-state index < -0.39 is 0 Å². The summed E-state index contributed by atoms with van der Waals surface area (Å²) in [4.78, 5) is 13.7. The van der Waals surface area contributed by atoms with E-state index in [2.05, 4.69) is 5.32 Å². The van der Waals surface area contributed by atoms with Crippen LogP contribution in [0.1, 0.15) is 18.4 Å². The molecule has 19 heavy (non-hydrogen) atoms. The molecule has 0 spiro atoms. The lowest BCUT2D eigenvalue weighted by atomic mass is 10.2. The van der Waals surface area contributed by atoms with E-state index in [0.29, 0.717) is 19.5 Å². The molecule has 1 rings (SSSR count). The third-order valence-corrected chi connectivity index (χ3v) is 2.90. The molecule has 0 unspecified atom stereocenters. The predicted octanol–water partition coefficient (Wildman–Crippen LogP) is 0.788. The fraction of sp³-hybridized carbons (Fsp3) is 0.500. The summed E-state index contributed by atoms with van der Waals surface area (Å²) in [6.07, 6.45) is 1.26. The van der Waals surface area contributed by atoms with Crippen LogP contribution in [0.4, 0.5) is 5.69 Å². The van der Waals surface area contributed by atoms with Gasteiger partial charge in [-0.2, -0.15) is 0 Å². The van der Waals surface area contributed by atoms with Crippen LogP contribution in [0.25, 0.3) is 0 Å². The summed E-state index contributed by atoms with van der Waals surface area (Å²) in [7, 11) is 1.93. The molecule has 0 fully saturated rings. The molecule has 0 aliphatic heterocycles. The second-order valence-corrected chi connectivity index (χ2v) is 4.58. The largest absolute Gasteiger partial charge is 0.395 e. The standard InChI is InChI=1S/C14H23N3O2/c1-17(9-10-18)8-2-3-14(19)16-13-6-4-12(11-15)5-7-13/h4-7,18H,2-3,8-11,15H2,1H3,(H,16,19). The topological polar surface area (TPSA) is 78.6 Å².